The van der Waals surface area contributed by atoms with Gasteiger partial charge in [0.2, 0.25) is 0 Å². The Morgan fingerprint density at radius 2 is 2.15 bits per heavy atom. The zero-order valence-electron chi connectivity index (χ0n) is 13.0. The smallest absolute Gasteiger partial charge is 0.335 e. The van der Waals surface area contributed by atoms with Gasteiger partial charge in [-0.15, -0.1) is 11.3 Å². The minimum absolute atomic E-state index is 0.0958. The fourth-order valence-corrected chi connectivity index (χ4v) is 3.64. The Balaban J connectivity index is 1.70. The van der Waals surface area contributed by atoms with Gasteiger partial charge in [0.25, 0.3) is 0 Å². The van der Waals surface area contributed by atoms with Crippen molar-refractivity contribution in [2.75, 3.05) is 0 Å². The highest BCUT2D eigenvalue weighted by Crippen LogP contribution is 2.31. The van der Waals surface area contributed by atoms with Gasteiger partial charge in [0.1, 0.15) is 11.4 Å². The summed E-state index contributed by atoms with van der Waals surface area (Å²) in [5, 5.41) is 17.9. The number of aromatic nitrogens is 3. The Kier molecular flexibility index (Phi) is 4.06. The number of aldehydes is 1. The molecule has 0 atom stereocenters. The van der Waals surface area contributed by atoms with Crippen LogP contribution in [0, 0.1) is 0 Å². The highest BCUT2D eigenvalue weighted by Gasteiger charge is 2.15. The topological polar surface area (TPSA) is 98.2 Å². The molecule has 0 radical (unpaired) electrons. The molecule has 4 rings (SSSR count). The van der Waals surface area contributed by atoms with E-state index in [1.165, 1.54) is 23.5 Å². The molecule has 9 heteroatoms. The number of carboxylic acids is 1. The van der Waals surface area contributed by atoms with Gasteiger partial charge in [0, 0.05) is 11.5 Å². The maximum Gasteiger partial charge on any atom is 0.335 e. The van der Waals surface area contributed by atoms with Crippen molar-refractivity contribution in [3.05, 3.63) is 57.7 Å². The van der Waals surface area contributed by atoms with Crippen LogP contribution < -0.4 is 0 Å². The second-order valence-corrected chi connectivity index (χ2v) is 7.20. The molecular formula is C17H10ClN3O4S. The van der Waals surface area contributed by atoms with Gasteiger partial charge >= 0.3 is 5.97 Å². The maximum atomic E-state index is 11.3. The number of hydrogen-bond donors (Lipinski definition) is 1. The van der Waals surface area contributed by atoms with E-state index in [0.717, 1.165) is 4.88 Å². The zero-order chi connectivity index (χ0) is 18.3. The molecule has 0 fully saturated rings. The van der Waals surface area contributed by atoms with Crippen molar-refractivity contribution in [2.45, 2.75) is 6.54 Å². The SMILES string of the molecule is O=Cc1nn(Cc2cc(-c3ccc(Cl)s3)on2)c2ccc(C(=O)O)cc12. The van der Waals surface area contributed by atoms with Crippen LogP contribution in [0.1, 0.15) is 26.5 Å². The molecule has 0 aliphatic carbocycles. The number of nitrogens with zero attached hydrogens (tertiary/aromatic N) is 3. The quantitative estimate of drug-likeness (QED) is 0.520. The predicted octanol–water partition coefficient (Wildman–Crippen LogP) is 3.97. The molecule has 0 bridgehead atoms. The standard InChI is InChI=1S/C17H10ClN3O4S/c18-16-4-3-15(26-16)14-6-10(20-25-14)7-21-13-2-1-9(17(23)24)5-11(13)12(8-22)19-21/h1-6,8H,7H2,(H,23,24). The molecule has 0 aliphatic rings. The lowest BCUT2D eigenvalue weighted by atomic mass is 10.1. The third kappa shape index (κ3) is 2.89. The number of aromatic carboxylic acids is 1. The van der Waals surface area contributed by atoms with Crippen LogP contribution in [-0.4, -0.2) is 32.3 Å². The molecule has 130 valence electrons. The van der Waals surface area contributed by atoms with Crippen molar-refractivity contribution in [1.29, 1.82) is 0 Å². The molecule has 26 heavy (non-hydrogen) atoms. The number of carbonyl (C=O) groups excluding carboxylic acids is 1. The van der Waals surface area contributed by atoms with E-state index in [4.69, 9.17) is 21.2 Å². The van der Waals surface area contributed by atoms with Crippen molar-refractivity contribution in [3.8, 4) is 10.6 Å². The van der Waals surface area contributed by atoms with Crippen molar-refractivity contribution >= 4 is 46.1 Å². The number of fused-ring (bicyclic) bond motifs is 1. The first-order chi connectivity index (χ1) is 12.5. The molecule has 0 saturated heterocycles. The number of carbonyl (C=O) groups is 2. The number of carboxylic acid groups (broad SMARTS) is 1. The molecular weight excluding hydrogens is 378 g/mol. The summed E-state index contributed by atoms with van der Waals surface area (Å²) in [5.41, 5.74) is 1.53. The summed E-state index contributed by atoms with van der Waals surface area (Å²) < 4.78 is 7.59. The van der Waals surface area contributed by atoms with Crippen LogP contribution in [0.4, 0.5) is 0 Å². The molecule has 7 nitrogen and oxygen atoms in total. The van der Waals surface area contributed by atoms with Crippen molar-refractivity contribution in [2.24, 2.45) is 0 Å². The summed E-state index contributed by atoms with van der Waals surface area (Å²) in [5.74, 6) is -0.468. The maximum absolute atomic E-state index is 11.3. The first-order valence-electron chi connectivity index (χ1n) is 7.45. The predicted molar refractivity (Wildman–Crippen MR) is 96.0 cm³/mol. The summed E-state index contributed by atoms with van der Waals surface area (Å²) in [7, 11) is 0. The average molecular weight is 388 g/mol. The van der Waals surface area contributed by atoms with Crippen molar-refractivity contribution in [3.63, 3.8) is 0 Å². The largest absolute Gasteiger partial charge is 0.478 e. The van der Waals surface area contributed by atoms with Crippen LogP contribution >= 0.6 is 22.9 Å². The number of hydrogen-bond acceptors (Lipinski definition) is 6. The van der Waals surface area contributed by atoms with Crippen LogP contribution in [0.25, 0.3) is 21.5 Å². The fourth-order valence-electron chi connectivity index (χ4n) is 2.65. The summed E-state index contributed by atoms with van der Waals surface area (Å²) in [4.78, 5) is 23.3. The third-order valence-electron chi connectivity index (χ3n) is 3.82. The first-order valence-corrected chi connectivity index (χ1v) is 8.65. The minimum atomic E-state index is -1.06. The number of thiophene rings is 1. The van der Waals surface area contributed by atoms with E-state index in [1.807, 2.05) is 6.07 Å². The van der Waals surface area contributed by atoms with Crippen LogP contribution in [0.5, 0.6) is 0 Å². The minimum Gasteiger partial charge on any atom is -0.478 e. The van der Waals surface area contributed by atoms with Gasteiger partial charge in [-0.05, 0) is 30.3 Å². The third-order valence-corrected chi connectivity index (χ3v) is 5.07. The van der Waals surface area contributed by atoms with E-state index >= 15 is 0 Å². The lowest BCUT2D eigenvalue weighted by molar-refractivity contribution is 0.0697. The van der Waals surface area contributed by atoms with Crippen LogP contribution in [0.2, 0.25) is 4.34 Å². The fraction of sp³-hybridized carbons (Fsp3) is 0.0588. The van der Waals surface area contributed by atoms with Gasteiger partial charge < -0.3 is 9.63 Å². The summed E-state index contributed by atoms with van der Waals surface area (Å²) in [6, 6.07) is 9.94. The van der Waals surface area contributed by atoms with Gasteiger partial charge in [0.15, 0.2) is 12.0 Å². The van der Waals surface area contributed by atoms with E-state index in [-0.39, 0.29) is 17.8 Å². The van der Waals surface area contributed by atoms with E-state index in [2.05, 4.69) is 10.3 Å². The number of benzene rings is 1. The molecule has 1 aromatic carbocycles. The van der Waals surface area contributed by atoms with Crippen molar-refractivity contribution < 1.29 is 19.2 Å². The Morgan fingerprint density at radius 3 is 2.85 bits per heavy atom. The first kappa shape index (κ1) is 16.5. The Hall–Kier alpha value is -2.97. The van der Waals surface area contributed by atoms with E-state index in [1.54, 1.807) is 22.9 Å². The molecule has 1 N–H and O–H groups in total. The molecule has 0 amide bonds. The average Bonchev–Trinajstić information content (AvgIpc) is 3.34. The van der Waals surface area contributed by atoms with Gasteiger partial charge in [-0.3, -0.25) is 9.48 Å². The van der Waals surface area contributed by atoms with Crippen LogP contribution in [0.3, 0.4) is 0 Å². The van der Waals surface area contributed by atoms with Gasteiger partial charge in [0.05, 0.1) is 26.8 Å². The summed E-state index contributed by atoms with van der Waals surface area (Å²) >= 11 is 7.32. The molecule has 0 unspecified atom stereocenters. The Bertz CT molecular complexity index is 1140. The van der Waals surface area contributed by atoms with E-state index < -0.39 is 5.97 Å². The van der Waals surface area contributed by atoms with Crippen LogP contribution in [0.15, 0.2) is 40.9 Å². The summed E-state index contributed by atoms with van der Waals surface area (Å²) in [6.07, 6.45) is 0.604. The van der Waals surface area contributed by atoms with E-state index in [9.17, 15) is 9.59 Å². The van der Waals surface area contributed by atoms with Crippen LogP contribution in [-0.2, 0) is 6.54 Å². The van der Waals surface area contributed by atoms with Gasteiger partial charge in [-0.25, -0.2) is 4.79 Å². The normalized spacial score (nSPS) is 11.1. The molecule has 3 aromatic heterocycles. The molecule has 4 aromatic rings. The monoisotopic (exact) mass is 387 g/mol. The van der Waals surface area contributed by atoms with E-state index in [0.29, 0.717) is 33.0 Å². The second-order valence-electron chi connectivity index (χ2n) is 5.48. The zero-order valence-corrected chi connectivity index (χ0v) is 14.6. The second kappa shape index (κ2) is 6.40. The molecule has 0 aliphatic heterocycles. The highest BCUT2D eigenvalue weighted by atomic mass is 35.5. The van der Waals surface area contributed by atoms with Gasteiger partial charge in [-0.2, -0.15) is 5.10 Å². The van der Waals surface area contributed by atoms with Gasteiger partial charge in [-0.1, -0.05) is 16.8 Å². The lowest BCUT2D eigenvalue weighted by Gasteiger charge is -2.00. The number of halogens is 1. The molecule has 3 heterocycles. The summed E-state index contributed by atoms with van der Waals surface area (Å²) in [6.45, 7) is 0.277. The molecule has 0 saturated carbocycles. The Labute approximate surface area is 155 Å². The lowest BCUT2D eigenvalue weighted by Crippen LogP contribution is -2.02. The highest BCUT2D eigenvalue weighted by molar-refractivity contribution is 7.19. The Morgan fingerprint density at radius 1 is 1.31 bits per heavy atom. The number of rotatable bonds is 5. The van der Waals surface area contributed by atoms with Crippen molar-refractivity contribution in [1.82, 2.24) is 14.9 Å². The molecule has 0 spiro atoms.